The van der Waals surface area contributed by atoms with E-state index in [1.165, 1.54) is 42.5 Å². The molecule has 2 aromatic heterocycles. The minimum Gasteiger partial charge on any atom is -0.267 e. The van der Waals surface area contributed by atoms with Crippen molar-refractivity contribution in [3.63, 3.8) is 0 Å². The monoisotopic (exact) mass is 299 g/mol. The highest BCUT2D eigenvalue weighted by Gasteiger charge is 2.11. The minimum atomic E-state index is -0.216. The number of nitrogens with one attached hydrogen (secondary N) is 1. The molecule has 21 heavy (non-hydrogen) atoms. The third-order valence-corrected chi connectivity index (χ3v) is 4.74. The van der Waals surface area contributed by atoms with E-state index in [4.69, 9.17) is 0 Å². The van der Waals surface area contributed by atoms with Crippen LogP contribution >= 0.6 is 11.3 Å². The van der Waals surface area contributed by atoms with Gasteiger partial charge in [0, 0.05) is 27.7 Å². The maximum Gasteiger partial charge on any atom is 0.271 e. The predicted molar refractivity (Wildman–Crippen MR) is 84.9 cm³/mol. The number of aryl methyl sites for hydroxylation is 2. The van der Waals surface area contributed by atoms with E-state index >= 15 is 0 Å². The molecule has 108 valence electrons. The summed E-state index contributed by atoms with van der Waals surface area (Å²) in [6.45, 7) is 0. The molecule has 4 nitrogen and oxygen atoms in total. The van der Waals surface area contributed by atoms with Crippen molar-refractivity contribution < 1.29 is 4.79 Å². The summed E-state index contributed by atoms with van der Waals surface area (Å²) in [5.74, 6) is -0.216. The Balaban J connectivity index is 1.63. The fourth-order valence-electron chi connectivity index (χ4n) is 2.48. The van der Waals surface area contributed by atoms with Crippen molar-refractivity contribution in [3.05, 3.63) is 51.5 Å². The Morgan fingerprint density at radius 2 is 2.05 bits per heavy atom. The van der Waals surface area contributed by atoms with E-state index in [-0.39, 0.29) is 5.91 Å². The molecule has 0 saturated carbocycles. The van der Waals surface area contributed by atoms with Crippen LogP contribution in [0.1, 0.15) is 44.9 Å². The second-order valence-electron chi connectivity index (χ2n) is 5.09. The number of amides is 1. The Morgan fingerprint density at radius 1 is 1.24 bits per heavy atom. The van der Waals surface area contributed by atoms with Crippen molar-refractivity contribution in [2.24, 2.45) is 5.10 Å². The standard InChI is InChI=1S/C16H17N3OS/c20-16(12-6-8-17-9-7-12)19-18-11-14-10-13-4-2-1-3-5-15(13)21-14/h6-11H,1-5H2,(H,19,20)/b18-11-. The third kappa shape index (κ3) is 3.55. The van der Waals surface area contributed by atoms with E-state index < -0.39 is 0 Å². The summed E-state index contributed by atoms with van der Waals surface area (Å²) >= 11 is 1.79. The number of thiophene rings is 1. The fraction of sp³-hybridized carbons (Fsp3) is 0.312. The summed E-state index contributed by atoms with van der Waals surface area (Å²) < 4.78 is 0. The van der Waals surface area contributed by atoms with Crippen LogP contribution in [0, 0.1) is 0 Å². The SMILES string of the molecule is O=C(N/N=C\c1cc2c(s1)CCCCC2)c1ccncc1. The van der Waals surface area contributed by atoms with Gasteiger partial charge in [-0.05, 0) is 49.4 Å². The van der Waals surface area contributed by atoms with Gasteiger partial charge in [0.1, 0.15) is 0 Å². The lowest BCUT2D eigenvalue weighted by Gasteiger charge is -1.97. The van der Waals surface area contributed by atoms with Crippen molar-refractivity contribution >= 4 is 23.5 Å². The predicted octanol–water partition coefficient (Wildman–Crippen LogP) is 3.18. The molecule has 0 aliphatic heterocycles. The number of carbonyl (C=O) groups is 1. The lowest BCUT2D eigenvalue weighted by Crippen LogP contribution is -2.17. The maximum absolute atomic E-state index is 11.8. The van der Waals surface area contributed by atoms with Crippen molar-refractivity contribution in [3.8, 4) is 0 Å². The van der Waals surface area contributed by atoms with Gasteiger partial charge in [-0.25, -0.2) is 5.43 Å². The maximum atomic E-state index is 11.8. The summed E-state index contributed by atoms with van der Waals surface area (Å²) in [7, 11) is 0. The Kier molecular flexibility index (Phi) is 4.40. The van der Waals surface area contributed by atoms with E-state index in [0.717, 1.165) is 4.88 Å². The molecule has 5 heteroatoms. The van der Waals surface area contributed by atoms with E-state index in [1.54, 1.807) is 42.1 Å². The van der Waals surface area contributed by atoms with Crippen LogP contribution in [0.3, 0.4) is 0 Å². The molecule has 3 rings (SSSR count). The summed E-state index contributed by atoms with van der Waals surface area (Å²) in [5.41, 5.74) is 4.57. The first-order valence-corrected chi connectivity index (χ1v) is 7.99. The zero-order valence-electron chi connectivity index (χ0n) is 11.7. The molecule has 0 fully saturated rings. The number of rotatable bonds is 3. The van der Waals surface area contributed by atoms with E-state index in [0.29, 0.717) is 5.56 Å². The second kappa shape index (κ2) is 6.63. The molecule has 0 saturated heterocycles. The molecule has 0 aromatic carbocycles. The average molecular weight is 299 g/mol. The first kappa shape index (κ1) is 13.9. The lowest BCUT2D eigenvalue weighted by atomic mass is 10.1. The van der Waals surface area contributed by atoms with Crippen LogP contribution in [0.2, 0.25) is 0 Å². The number of hydrogen-bond acceptors (Lipinski definition) is 4. The highest BCUT2D eigenvalue weighted by atomic mass is 32.1. The molecular formula is C16H17N3OS. The largest absolute Gasteiger partial charge is 0.271 e. The van der Waals surface area contributed by atoms with Gasteiger partial charge in [0.15, 0.2) is 0 Å². The van der Waals surface area contributed by atoms with E-state index in [9.17, 15) is 4.79 Å². The number of hydrogen-bond donors (Lipinski definition) is 1. The molecule has 2 aromatic rings. The molecule has 1 aliphatic rings. The van der Waals surface area contributed by atoms with Crippen molar-refractivity contribution in [1.29, 1.82) is 0 Å². The summed E-state index contributed by atoms with van der Waals surface area (Å²) in [6, 6.07) is 5.53. The van der Waals surface area contributed by atoms with Gasteiger partial charge in [-0.15, -0.1) is 11.3 Å². The van der Waals surface area contributed by atoms with Gasteiger partial charge in [-0.3, -0.25) is 9.78 Å². The van der Waals surface area contributed by atoms with E-state index in [1.807, 2.05) is 0 Å². The zero-order valence-corrected chi connectivity index (χ0v) is 12.5. The quantitative estimate of drug-likeness (QED) is 0.537. The third-order valence-electron chi connectivity index (χ3n) is 3.57. The normalized spacial score (nSPS) is 14.7. The van der Waals surface area contributed by atoms with Gasteiger partial charge in [-0.2, -0.15) is 5.10 Å². The van der Waals surface area contributed by atoms with Gasteiger partial charge in [0.05, 0.1) is 6.21 Å². The lowest BCUT2D eigenvalue weighted by molar-refractivity contribution is 0.0955. The Bertz CT molecular complexity index is 625. The Morgan fingerprint density at radius 3 is 2.90 bits per heavy atom. The molecule has 0 unspecified atom stereocenters. The van der Waals surface area contributed by atoms with Gasteiger partial charge >= 0.3 is 0 Å². The number of hydrazone groups is 1. The second-order valence-corrected chi connectivity index (χ2v) is 6.26. The molecule has 1 amide bonds. The number of fused-ring (bicyclic) bond motifs is 1. The van der Waals surface area contributed by atoms with Crippen LogP contribution < -0.4 is 5.43 Å². The smallest absolute Gasteiger partial charge is 0.267 e. The topological polar surface area (TPSA) is 54.4 Å². The van der Waals surface area contributed by atoms with Crippen LogP contribution in [0.25, 0.3) is 0 Å². The minimum absolute atomic E-state index is 0.216. The van der Waals surface area contributed by atoms with Crippen LogP contribution in [-0.2, 0) is 12.8 Å². The summed E-state index contributed by atoms with van der Waals surface area (Å²) in [6.07, 6.45) is 11.2. The van der Waals surface area contributed by atoms with Crippen molar-refractivity contribution in [1.82, 2.24) is 10.4 Å². The Hall–Kier alpha value is -2.01. The molecule has 1 aliphatic carbocycles. The van der Waals surface area contributed by atoms with Gasteiger partial charge in [-0.1, -0.05) is 6.42 Å². The first-order chi connectivity index (χ1) is 10.3. The van der Waals surface area contributed by atoms with Crippen LogP contribution in [0.5, 0.6) is 0 Å². The number of nitrogens with zero attached hydrogens (tertiary/aromatic N) is 2. The Labute approximate surface area is 127 Å². The molecular weight excluding hydrogens is 282 g/mol. The van der Waals surface area contributed by atoms with Crippen LogP contribution in [0.15, 0.2) is 35.7 Å². The van der Waals surface area contributed by atoms with Crippen molar-refractivity contribution in [2.75, 3.05) is 0 Å². The summed E-state index contributed by atoms with van der Waals surface area (Å²) in [4.78, 5) is 18.3. The molecule has 0 atom stereocenters. The number of pyridine rings is 1. The van der Waals surface area contributed by atoms with Crippen LogP contribution in [0.4, 0.5) is 0 Å². The van der Waals surface area contributed by atoms with Gasteiger partial charge in [0.25, 0.3) is 5.91 Å². The summed E-state index contributed by atoms with van der Waals surface area (Å²) in [5, 5.41) is 4.05. The number of carbonyl (C=O) groups excluding carboxylic acids is 1. The first-order valence-electron chi connectivity index (χ1n) is 7.18. The molecule has 2 heterocycles. The highest BCUT2D eigenvalue weighted by Crippen LogP contribution is 2.27. The van der Waals surface area contributed by atoms with Crippen LogP contribution in [-0.4, -0.2) is 17.1 Å². The van der Waals surface area contributed by atoms with Crippen molar-refractivity contribution in [2.45, 2.75) is 32.1 Å². The van der Waals surface area contributed by atoms with Gasteiger partial charge in [0.2, 0.25) is 0 Å². The number of aromatic nitrogens is 1. The molecule has 1 N–H and O–H groups in total. The zero-order chi connectivity index (χ0) is 14.5. The van der Waals surface area contributed by atoms with Gasteiger partial charge < -0.3 is 0 Å². The van der Waals surface area contributed by atoms with E-state index in [2.05, 4.69) is 21.6 Å². The molecule has 0 radical (unpaired) electrons. The fourth-order valence-corrected chi connectivity index (χ4v) is 3.61. The highest BCUT2D eigenvalue weighted by molar-refractivity contribution is 7.13. The molecule has 0 bridgehead atoms. The average Bonchev–Trinajstić information content (AvgIpc) is 2.77. The molecule has 0 spiro atoms.